The highest BCUT2D eigenvalue weighted by Crippen LogP contribution is 2.08. The minimum absolute atomic E-state index is 0.515. The van der Waals surface area contributed by atoms with Crippen LogP contribution in [0.1, 0.15) is 45.6 Å². The maximum absolute atomic E-state index is 4.84. The van der Waals surface area contributed by atoms with Gasteiger partial charge in [-0.05, 0) is 44.7 Å². The first-order chi connectivity index (χ1) is 9.61. The number of hydrogen-bond acceptors (Lipinski definition) is 2. The van der Waals surface area contributed by atoms with Crippen LogP contribution in [-0.4, -0.2) is 25.3 Å². The second kappa shape index (κ2) is 9.71. The maximum atomic E-state index is 4.84. The molecule has 0 aliphatic rings. The third-order valence-corrected chi connectivity index (χ3v) is 3.48. The summed E-state index contributed by atoms with van der Waals surface area (Å²) >= 11 is 0. The Morgan fingerprint density at radius 3 is 2.40 bits per heavy atom. The lowest BCUT2D eigenvalue weighted by molar-refractivity contribution is 0.608. The highest BCUT2D eigenvalue weighted by atomic mass is 14.9. The maximum Gasteiger partial charge on any atom is 0.0391 e. The second-order valence-electron chi connectivity index (χ2n) is 6.03. The summed E-state index contributed by atoms with van der Waals surface area (Å²) in [7, 11) is 2.02. The Kier molecular flexibility index (Phi) is 8.20. The lowest BCUT2D eigenvalue weighted by Gasteiger charge is -2.14. The lowest BCUT2D eigenvalue weighted by atomic mass is 10.0. The van der Waals surface area contributed by atoms with Crippen molar-refractivity contribution in [2.45, 2.75) is 52.5 Å². The molecule has 1 unspecified atom stereocenters. The van der Waals surface area contributed by atoms with Gasteiger partial charge in [0.05, 0.1) is 0 Å². The lowest BCUT2D eigenvalue weighted by Crippen LogP contribution is -2.25. The van der Waals surface area contributed by atoms with Crippen molar-refractivity contribution in [2.24, 2.45) is 10.9 Å². The predicted molar refractivity (Wildman–Crippen MR) is 89.7 cm³/mol. The van der Waals surface area contributed by atoms with E-state index in [-0.39, 0.29) is 0 Å². The van der Waals surface area contributed by atoms with Crippen LogP contribution in [0.3, 0.4) is 0 Å². The van der Waals surface area contributed by atoms with Crippen LogP contribution in [0.5, 0.6) is 0 Å². The third kappa shape index (κ3) is 7.44. The summed E-state index contributed by atoms with van der Waals surface area (Å²) in [5.74, 6) is 0.687. The first-order valence-corrected chi connectivity index (χ1v) is 7.85. The first kappa shape index (κ1) is 16.9. The first-order valence-electron chi connectivity index (χ1n) is 7.85. The Hall–Kier alpha value is -1.15. The minimum atomic E-state index is 0.515. The van der Waals surface area contributed by atoms with E-state index in [4.69, 9.17) is 4.99 Å². The molecule has 1 atom stereocenters. The van der Waals surface area contributed by atoms with Crippen molar-refractivity contribution in [1.82, 2.24) is 5.32 Å². The molecule has 0 heterocycles. The number of aryl methyl sites for hydroxylation is 1. The number of rotatable bonds is 9. The fourth-order valence-electron chi connectivity index (χ4n) is 2.30. The molecule has 1 rings (SSSR count). The number of nitrogens with one attached hydrogen (secondary N) is 1. The molecule has 0 radical (unpaired) electrons. The zero-order valence-corrected chi connectivity index (χ0v) is 13.5. The smallest absolute Gasteiger partial charge is 0.0391 e. The molecule has 2 heteroatoms. The van der Waals surface area contributed by atoms with E-state index in [0.717, 1.165) is 32.2 Å². The van der Waals surface area contributed by atoms with Gasteiger partial charge in [-0.15, -0.1) is 0 Å². The molecule has 0 amide bonds. The number of hydrogen-bond donors (Lipinski definition) is 1. The molecule has 0 saturated carbocycles. The number of nitrogens with zero attached hydrogens (tertiary/aromatic N) is 1. The molecule has 0 bridgehead atoms. The van der Waals surface area contributed by atoms with Gasteiger partial charge >= 0.3 is 0 Å². The largest absolute Gasteiger partial charge is 0.317 e. The summed E-state index contributed by atoms with van der Waals surface area (Å²) in [4.78, 5) is 4.84. The molecule has 20 heavy (non-hydrogen) atoms. The van der Waals surface area contributed by atoms with Crippen molar-refractivity contribution in [3.05, 3.63) is 35.9 Å². The van der Waals surface area contributed by atoms with Gasteiger partial charge in [0.25, 0.3) is 0 Å². The molecule has 0 fully saturated rings. The van der Waals surface area contributed by atoms with Gasteiger partial charge in [-0.25, -0.2) is 0 Å². The van der Waals surface area contributed by atoms with Crippen molar-refractivity contribution < 1.29 is 0 Å². The van der Waals surface area contributed by atoms with Crippen molar-refractivity contribution in [2.75, 3.05) is 13.6 Å². The molecule has 1 N–H and O–H groups in total. The van der Waals surface area contributed by atoms with E-state index >= 15 is 0 Å². The van der Waals surface area contributed by atoms with E-state index in [1.807, 2.05) is 7.05 Å². The van der Waals surface area contributed by atoms with Gasteiger partial charge in [-0.1, -0.05) is 44.2 Å². The number of benzene rings is 1. The van der Waals surface area contributed by atoms with E-state index in [1.54, 1.807) is 0 Å². The van der Waals surface area contributed by atoms with Crippen LogP contribution < -0.4 is 5.32 Å². The highest BCUT2D eigenvalue weighted by Gasteiger charge is 2.07. The highest BCUT2D eigenvalue weighted by molar-refractivity contribution is 5.85. The predicted octanol–water partition coefficient (Wildman–Crippen LogP) is 4.10. The summed E-state index contributed by atoms with van der Waals surface area (Å²) in [5, 5.41) is 3.30. The molecule has 112 valence electrons. The Morgan fingerprint density at radius 2 is 1.80 bits per heavy atom. The van der Waals surface area contributed by atoms with Gasteiger partial charge in [-0.2, -0.15) is 0 Å². The minimum Gasteiger partial charge on any atom is -0.317 e. The summed E-state index contributed by atoms with van der Waals surface area (Å²) in [5.41, 5.74) is 2.78. The fourth-order valence-corrected chi connectivity index (χ4v) is 2.30. The van der Waals surface area contributed by atoms with Crippen molar-refractivity contribution in [1.29, 1.82) is 0 Å². The van der Waals surface area contributed by atoms with Crippen LogP contribution in [0.25, 0.3) is 0 Å². The van der Waals surface area contributed by atoms with Crippen molar-refractivity contribution >= 4 is 5.71 Å². The van der Waals surface area contributed by atoms with E-state index < -0.39 is 0 Å². The van der Waals surface area contributed by atoms with Gasteiger partial charge < -0.3 is 5.32 Å². The van der Waals surface area contributed by atoms with Gasteiger partial charge in [0.1, 0.15) is 0 Å². The van der Waals surface area contributed by atoms with Crippen LogP contribution in [0.4, 0.5) is 0 Å². The third-order valence-electron chi connectivity index (χ3n) is 3.48. The molecule has 1 aromatic rings. The van der Waals surface area contributed by atoms with Crippen molar-refractivity contribution in [3.63, 3.8) is 0 Å². The molecule has 0 aliphatic carbocycles. The monoisotopic (exact) mass is 274 g/mol. The molecule has 1 aromatic carbocycles. The van der Waals surface area contributed by atoms with E-state index in [9.17, 15) is 0 Å². The summed E-state index contributed by atoms with van der Waals surface area (Å²) in [6.07, 6.45) is 4.46. The average molecular weight is 274 g/mol. The second-order valence-corrected chi connectivity index (χ2v) is 6.03. The summed E-state index contributed by atoms with van der Waals surface area (Å²) in [6, 6.07) is 11.2. The molecule has 2 nitrogen and oxygen atoms in total. The van der Waals surface area contributed by atoms with Gasteiger partial charge in [0.15, 0.2) is 0 Å². The molecule has 0 aromatic heterocycles. The molecule has 0 spiro atoms. The van der Waals surface area contributed by atoms with Crippen LogP contribution in [0, 0.1) is 5.92 Å². The van der Waals surface area contributed by atoms with Crippen LogP contribution >= 0.6 is 0 Å². The topological polar surface area (TPSA) is 24.4 Å². The zero-order chi connectivity index (χ0) is 14.8. The van der Waals surface area contributed by atoms with Gasteiger partial charge in [0.2, 0.25) is 0 Å². The SMILES string of the molecule is CNC(C)CC(CC(C)C)=NCCCc1ccccc1. The number of aliphatic imine (C=N–C) groups is 1. The van der Waals surface area contributed by atoms with Crippen LogP contribution in [0.2, 0.25) is 0 Å². The van der Waals surface area contributed by atoms with Gasteiger partial charge in [-0.3, -0.25) is 4.99 Å². The Balaban J connectivity index is 2.41. The normalized spacial score (nSPS) is 13.8. The summed E-state index contributed by atoms with van der Waals surface area (Å²) < 4.78 is 0. The fraction of sp³-hybridized carbons (Fsp3) is 0.611. The van der Waals surface area contributed by atoms with E-state index in [2.05, 4.69) is 56.4 Å². The molecule has 0 aliphatic heterocycles. The van der Waals surface area contributed by atoms with Crippen LogP contribution in [0.15, 0.2) is 35.3 Å². The van der Waals surface area contributed by atoms with Crippen molar-refractivity contribution in [3.8, 4) is 0 Å². The Bertz CT molecular complexity index is 382. The zero-order valence-electron chi connectivity index (χ0n) is 13.5. The molecular weight excluding hydrogens is 244 g/mol. The standard InChI is InChI=1S/C18H30N2/c1-15(2)13-18(14-16(3)19-4)20-12-8-11-17-9-6-5-7-10-17/h5-7,9-10,15-16,19H,8,11-14H2,1-4H3. The van der Waals surface area contributed by atoms with E-state index in [0.29, 0.717) is 12.0 Å². The summed E-state index contributed by atoms with van der Waals surface area (Å²) in [6.45, 7) is 7.71. The van der Waals surface area contributed by atoms with E-state index in [1.165, 1.54) is 11.3 Å². The quantitative estimate of drug-likeness (QED) is 0.532. The molecule has 0 saturated heterocycles. The van der Waals surface area contributed by atoms with Crippen LogP contribution in [-0.2, 0) is 6.42 Å². The Labute approximate surface area is 124 Å². The molecular formula is C18H30N2. The average Bonchev–Trinajstić information content (AvgIpc) is 2.43. The van der Waals surface area contributed by atoms with Gasteiger partial charge in [0, 0.05) is 24.7 Å². The Morgan fingerprint density at radius 1 is 1.10 bits per heavy atom.